The Kier molecular flexibility index (Phi) is 11.2. The van der Waals surface area contributed by atoms with E-state index in [1.807, 2.05) is 0 Å². The molecule has 0 saturated heterocycles. The van der Waals surface area contributed by atoms with Crippen molar-refractivity contribution in [2.75, 3.05) is 9.80 Å². The second-order valence-electron chi connectivity index (χ2n) is 18.6. The molecule has 0 fully saturated rings. The van der Waals surface area contributed by atoms with Crippen LogP contribution in [-0.4, -0.2) is 4.57 Å². The number of aromatic nitrogens is 1. The summed E-state index contributed by atoms with van der Waals surface area (Å²) in [5.74, 6) is 0. The van der Waals surface area contributed by atoms with Crippen molar-refractivity contribution in [3.05, 3.63) is 297 Å². The van der Waals surface area contributed by atoms with Crippen LogP contribution in [0.5, 0.6) is 0 Å². The van der Waals surface area contributed by atoms with Crippen LogP contribution in [0.15, 0.2) is 297 Å². The first-order chi connectivity index (χ1) is 36.2. The van der Waals surface area contributed by atoms with E-state index in [1.54, 1.807) is 0 Å². The van der Waals surface area contributed by atoms with Crippen molar-refractivity contribution in [2.45, 2.75) is 0 Å². The van der Waals surface area contributed by atoms with E-state index in [4.69, 9.17) is 0 Å². The minimum Gasteiger partial charge on any atom is -0.310 e. The fraction of sp³-hybridized carbons (Fsp3) is 0. The fourth-order valence-corrected chi connectivity index (χ4v) is 10.5. The van der Waals surface area contributed by atoms with E-state index >= 15 is 0 Å². The summed E-state index contributed by atoms with van der Waals surface area (Å²) in [6.45, 7) is 0. The van der Waals surface area contributed by atoms with Gasteiger partial charge in [0, 0.05) is 50.6 Å². The van der Waals surface area contributed by atoms with Crippen LogP contribution in [0.25, 0.3) is 82.8 Å². The zero-order valence-corrected chi connectivity index (χ0v) is 40.1. The minimum absolute atomic E-state index is 1.03. The number of para-hydroxylation sites is 2. The Balaban J connectivity index is 1.05. The lowest BCUT2D eigenvalue weighted by Crippen LogP contribution is -2.14. The summed E-state index contributed by atoms with van der Waals surface area (Å²) in [5.41, 5.74) is 19.1. The maximum atomic E-state index is 2.44. The predicted octanol–water partition coefficient (Wildman–Crippen LogP) is 19.5. The van der Waals surface area contributed by atoms with Gasteiger partial charge in [-0.2, -0.15) is 0 Å². The Labute approximate surface area is 426 Å². The molecular weight excluding hydrogens is 883 g/mol. The first-order valence-corrected chi connectivity index (χ1v) is 25.0. The van der Waals surface area contributed by atoms with Crippen LogP contribution in [0, 0.1) is 0 Å². The highest BCUT2D eigenvalue weighted by atomic mass is 15.2. The van der Waals surface area contributed by atoms with Gasteiger partial charge in [-0.1, -0.05) is 200 Å². The number of hydrogen-bond acceptors (Lipinski definition) is 2. The van der Waals surface area contributed by atoms with Crippen LogP contribution >= 0.6 is 0 Å². The van der Waals surface area contributed by atoms with Gasteiger partial charge in [-0.3, -0.25) is 0 Å². The van der Waals surface area contributed by atoms with Crippen molar-refractivity contribution >= 4 is 66.7 Å². The molecule has 73 heavy (non-hydrogen) atoms. The van der Waals surface area contributed by atoms with Crippen molar-refractivity contribution in [1.29, 1.82) is 0 Å². The van der Waals surface area contributed by atoms with Gasteiger partial charge in [0.2, 0.25) is 0 Å². The lowest BCUT2D eigenvalue weighted by Gasteiger charge is -2.31. The molecule has 0 atom stereocenters. The Bertz CT molecular complexity index is 3950. The third-order valence-corrected chi connectivity index (χ3v) is 14.1. The molecule has 0 saturated carbocycles. The predicted molar refractivity (Wildman–Crippen MR) is 309 cm³/mol. The number of fused-ring (bicyclic) bond motifs is 4. The van der Waals surface area contributed by atoms with Gasteiger partial charge in [0.05, 0.1) is 11.0 Å². The van der Waals surface area contributed by atoms with Crippen LogP contribution in [0.4, 0.5) is 34.1 Å². The third kappa shape index (κ3) is 8.39. The van der Waals surface area contributed by atoms with Gasteiger partial charge in [-0.05, 0) is 152 Å². The highest BCUT2D eigenvalue weighted by Gasteiger charge is 2.22. The molecule has 12 aromatic carbocycles. The van der Waals surface area contributed by atoms with Crippen molar-refractivity contribution in [1.82, 2.24) is 4.57 Å². The average molecular weight is 932 g/mol. The molecule has 0 aliphatic heterocycles. The second-order valence-corrected chi connectivity index (χ2v) is 18.6. The van der Waals surface area contributed by atoms with Crippen LogP contribution in [-0.2, 0) is 0 Å². The zero-order valence-electron chi connectivity index (χ0n) is 40.1. The summed E-state index contributed by atoms with van der Waals surface area (Å²) >= 11 is 0. The molecule has 0 bridgehead atoms. The van der Waals surface area contributed by atoms with E-state index in [-0.39, 0.29) is 0 Å². The molecule has 0 aliphatic carbocycles. The first-order valence-electron chi connectivity index (χ1n) is 25.0. The number of hydrogen-bond donors (Lipinski definition) is 0. The number of rotatable bonds is 11. The highest BCUT2D eigenvalue weighted by Crippen LogP contribution is 2.46. The van der Waals surface area contributed by atoms with E-state index in [1.165, 1.54) is 60.4 Å². The molecule has 0 unspecified atom stereocenters. The minimum atomic E-state index is 1.03. The van der Waals surface area contributed by atoms with Gasteiger partial charge in [0.25, 0.3) is 0 Å². The molecule has 344 valence electrons. The van der Waals surface area contributed by atoms with Gasteiger partial charge in [-0.25, -0.2) is 0 Å². The van der Waals surface area contributed by atoms with E-state index in [9.17, 15) is 0 Å². The van der Waals surface area contributed by atoms with Crippen molar-refractivity contribution in [3.63, 3.8) is 0 Å². The molecule has 13 aromatic rings. The van der Waals surface area contributed by atoms with Gasteiger partial charge < -0.3 is 14.4 Å². The maximum Gasteiger partial charge on any atom is 0.0542 e. The maximum absolute atomic E-state index is 2.44. The lowest BCUT2D eigenvalue weighted by atomic mass is 9.98. The molecular formula is C70H49N3. The van der Waals surface area contributed by atoms with E-state index < -0.39 is 0 Å². The Hall–Kier alpha value is -9.70. The largest absolute Gasteiger partial charge is 0.310 e. The summed E-state index contributed by atoms with van der Waals surface area (Å²) in [6.07, 6.45) is 0. The van der Waals surface area contributed by atoms with Crippen molar-refractivity contribution in [3.8, 4) is 50.2 Å². The molecule has 0 N–H and O–H groups in total. The number of benzene rings is 12. The fourth-order valence-electron chi connectivity index (χ4n) is 10.5. The van der Waals surface area contributed by atoms with Gasteiger partial charge in [0.1, 0.15) is 0 Å². The molecule has 3 nitrogen and oxygen atoms in total. The van der Waals surface area contributed by atoms with Crippen LogP contribution < -0.4 is 9.80 Å². The summed E-state index contributed by atoms with van der Waals surface area (Å²) in [7, 11) is 0. The summed E-state index contributed by atoms with van der Waals surface area (Å²) in [6, 6.07) is 108. The molecule has 0 radical (unpaired) electrons. The summed E-state index contributed by atoms with van der Waals surface area (Å²) in [5, 5.41) is 4.81. The zero-order chi connectivity index (χ0) is 48.5. The third-order valence-electron chi connectivity index (χ3n) is 14.1. The molecule has 3 heteroatoms. The topological polar surface area (TPSA) is 11.4 Å². The smallest absolute Gasteiger partial charge is 0.0542 e. The standard InChI is InChI=1S/C70H49N3/c1-5-17-50(18-6-1)54-31-37-61(38-32-54)71(62-39-33-55(34-40-62)51-19-7-2-8-20-51)65-46-59(58-30-29-53-23-13-14-24-57(53)45-58)47-66(48-65)72(63-41-35-56(36-42-63)52-21-9-3-10-22-52)64-43-44-70-68(49-64)67-27-15-16-28-69(67)73(70)60-25-11-4-12-26-60/h1-49H. The molecule has 1 aromatic heterocycles. The SMILES string of the molecule is c1ccc(-c2ccc(N(c3ccc(-c4ccccc4)cc3)c3cc(-c4ccc5ccccc5c4)cc(N(c4ccc(-c5ccccc5)cc4)c4ccc5c(c4)c4ccccc4n5-c4ccccc4)c3)cc2)cc1. The Morgan fingerprint density at radius 3 is 1.14 bits per heavy atom. The van der Waals surface area contributed by atoms with Crippen molar-refractivity contribution < 1.29 is 0 Å². The molecule has 0 spiro atoms. The normalized spacial score (nSPS) is 11.3. The Morgan fingerprint density at radius 1 is 0.205 bits per heavy atom. The van der Waals surface area contributed by atoms with E-state index in [0.29, 0.717) is 0 Å². The average Bonchev–Trinajstić information content (AvgIpc) is 3.80. The van der Waals surface area contributed by atoms with Crippen LogP contribution in [0.2, 0.25) is 0 Å². The monoisotopic (exact) mass is 931 g/mol. The van der Waals surface area contributed by atoms with Gasteiger partial charge >= 0.3 is 0 Å². The molecule has 13 rings (SSSR count). The van der Waals surface area contributed by atoms with Crippen molar-refractivity contribution in [2.24, 2.45) is 0 Å². The van der Waals surface area contributed by atoms with Crippen LogP contribution in [0.3, 0.4) is 0 Å². The molecule has 1 heterocycles. The first kappa shape index (κ1) is 43.3. The second kappa shape index (κ2) is 18.9. The van der Waals surface area contributed by atoms with Gasteiger partial charge in [0.15, 0.2) is 0 Å². The summed E-state index contributed by atoms with van der Waals surface area (Å²) < 4.78 is 2.38. The quantitative estimate of drug-likeness (QED) is 0.128. The molecule has 0 aliphatic rings. The lowest BCUT2D eigenvalue weighted by molar-refractivity contribution is 1.18. The van der Waals surface area contributed by atoms with Gasteiger partial charge in [-0.15, -0.1) is 0 Å². The number of nitrogens with zero attached hydrogens (tertiary/aromatic N) is 3. The van der Waals surface area contributed by atoms with Crippen LogP contribution in [0.1, 0.15) is 0 Å². The Morgan fingerprint density at radius 2 is 0.603 bits per heavy atom. The number of anilines is 6. The van der Waals surface area contributed by atoms with E-state index in [2.05, 4.69) is 312 Å². The summed E-state index contributed by atoms with van der Waals surface area (Å²) in [4.78, 5) is 4.84. The molecule has 0 amide bonds. The van der Waals surface area contributed by atoms with E-state index in [0.717, 1.165) is 56.5 Å². The highest BCUT2D eigenvalue weighted by molar-refractivity contribution is 6.11.